The SMILES string of the molecule is COC(COc1cccnc1N)OC. The molecule has 0 radical (unpaired) electrons. The Kier molecular flexibility index (Phi) is 4.15. The van der Waals surface area contributed by atoms with Crippen LogP contribution in [0.25, 0.3) is 0 Å². The molecule has 1 aromatic rings. The van der Waals surface area contributed by atoms with Crippen LogP contribution < -0.4 is 10.5 Å². The van der Waals surface area contributed by atoms with Gasteiger partial charge in [-0.1, -0.05) is 0 Å². The third-order valence-electron chi connectivity index (χ3n) is 1.70. The van der Waals surface area contributed by atoms with Crippen molar-refractivity contribution in [3.8, 4) is 5.75 Å². The first-order chi connectivity index (χ1) is 6.77. The first kappa shape index (κ1) is 10.7. The Morgan fingerprint density at radius 2 is 2.14 bits per heavy atom. The predicted octanol–water partition coefficient (Wildman–Crippen LogP) is 0.661. The summed E-state index contributed by atoms with van der Waals surface area (Å²) < 4.78 is 15.2. The van der Waals surface area contributed by atoms with Crippen LogP contribution in [0, 0.1) is 0 Å². The molecule has 1 rings (SSSR count). The van der Waals surface area contributed by atoms with Crippen molar-refractivity contribution in [3.63, 3.8) is 0 Å². The van der Waals surface area contributed by atoms with Crippen LogP contribution in [0.2, 0.25) is 0 Å². The molecule has 5 heteroatoms. The molecule has 0 aliphatic heterocycles. The van der Waals surface area contributed by atoms with Crippen molar-refractivity contribution in [1.29, 1.82) is 0 Å². The van der Waals surface area contributed by atoms with Gasteiger partial charge in [0, 0.05) is 20.4 Å². The topological polar surface area (TPSA) is 66.6 Å². The van der Waals surface area contributed by atoms with Gasteiger partial charge in [0.15, 0.2) is 17.9 Å². The number of ether oxygens (including phenoxy) is 3. The van der Waals surface area contributed by atoms with Gasteiger partial charge >= 0.3 is 0 Å². The largest absolute Gasteiger partial charge is 0.484 e. The number of methoxy groups -OCH3 is 2. The second-order valence-electron chi connectivity index (χ2n) is 2.60. The van der Waals surface area contributed by atoms with Crippen molar-refractivity contribution in [2.24, 2.45) is 0 Å². The van der Waals surface area contributed by atoms with E-state index in [9.17, 15) is 0 Å². The van der Waals surface area contributed by atoms with Crippen LogP contribution in [0.15, 0.2) is 18.3 Å². The summed E-state index contributed by atoms with van der Waals surface area (Å²) in [7, 11) is 3.09. The van der Waals surface area contributed by atoms with Gasteiger partial charge in [-0.25, -0.2) is 4.98 Å². The summed E-state index contributed by atoms with van der Waals surface area (Å²) in [6.45, 7) is 0.281. The van der Waals surface area contributed by atoms with Gasteiger partial charge in [0.05, 0.1) is 0 Å². The third kappa shape index (κ3) is 2.86. The second-order valence-corrected chi connectivity index (χ2v) is 2.60. The highest BCUT2D eigenvalue weighted by molar-refractivity contribution is 5.44. The van der Waals surface area contributed by atoms with Crippen molar-refractivity contribution in [2.45, 2.75) is 6.29 Å². The highest BCUT2D eigenvalue weighted by Crippen LogP contribution is 2.17. The molecular formula is C9H14N2O3. The van der Waals surface area contributed by atoms with Crippen LogP contribution in [0.1, 0.15) is 0 Å². The zero-order chi connectivity index (χ0) is 10.4. The number of anilines is 1. The lowest BCUT2D eigenvalue weighted by molar-refractivity contribution is -0.121. The lowest BCUT2D eigenvalue weighted by Crippen LogP contribution is -2.22. The number of hydrogen-bond acceptors (Lipinski definition) is 5. The Morgan fingerprint density at radius 3 is 2.71 bits per heavy atom. The minimum Gasteiger partial charge on any atom is -0.484 e. The Balaban J connectivity index is 2.49. The van der Waals surface area contributed by atoms with Gasteiger partial charge in [0.25, 0.3) is 0 Å². The standard InChI is InChI=1S/C9H14N2O3/c1-12-8(13-2)6-14-7-4-3-5-11-9(7)10/h3-5,8H,6H2,1-2H3,(H2,10,11). The van der Waals surface area contributed by atoms with E-state index in [1.54, 1.807) is 32.5 Å². The number of aromatic nitrogens is 1. The zero-order valence-corrected chi connectivity index (χ0v) is 8.27. The summed E-state index contributed by atoms with van der Waals surface area (Å²) in [6.07, 6.45) is 1.21. The van der Waals surface area contributed by atoms with Crippen molar-refractivity contribution in [3.05, 3.63) is 18.3 Å². The van der Waals surface area contributed by atoms with Crippen LogP contribution in [0.3, 0.4) is 0 Å². The maximum atomic E-state index is 5.57. The van der Waals surface area contributed by atoms with E-state index in [0.29, 0.717) is 11.6 Å². The zero-order valence-electron chi connectivity index (χ0n) is 8.27. The van der Waals surface area contributed by atoms with E-state index in [-0.39, 0.29) is 6.61 Å². The van der Waals surface area contributed by atoms with Crippen LogP contribution in [0.5, 0.6) is 5.75 Å². The third-order valence-corrected chi connectivity index (χ3v) is 1.70. The molecule has 1 heterocycles. The molecule has 0 aliphatic carbocycles. The quantitative estimate of drug-likeness (QED) is 0.704. The molecule has 0 saturated carbocycles. The van der Waals surface area contributed by atoms with Crippen molar-refractivity contribution in [1.82, 2.24) is 4.98 Å². The molecule has 0 bridgehead atoms. The van der Waals surface area contributed by atoms with E-state index in [4.69, 9.17) is 19.9 Å². The van der Waals surface area contributed by atoms with E-state index in [2.05, 4.69) is 4.98 Å². The molecule has 1 aromatic heterocycles. The molecule has 5 nitrogen and oxygen atoms in total. The van der Waals surface area contributed by atoms with Crippen LogP contribution in [0.4, 0.5) is 5.82 Å². The predicted molar refractivity (Wildman–Crippen MR) is 52.0 cm³/mol. The van der Waals surface area contributed by atoms with Crippen molar-refractivity contribution < 1.29 is 14.2 Å². The maximum absolute atomic E-state index is 5.57. The molecule has 0 saturated heterocycles. The van der Waals surface area contributed by atoms with Gasteiger partial charge in [0.1, 0.15) is 6.61 Å². The Hall–Kier alpha value is -1.33. The van der Waals surface area contributed by atoms with Crippen LogP contribution >= 0.6 is 0 Å². The van der Waals surface area contributed by atoms with Gasteiger partial charge in [0.2, 0.25) is 0 Å². The smallest absolute Gasteiger partial charge is 0.191 e. The summed E-state index contributed by atoms with van der Waals surface area (Å²) in [6, 6.07) is 3.49. The highest BCUT2D eigenvalue weighted by Gasteiger charge is 2.07. The van der Waals surface area contributed by atoms with Gasteiger partial charge in [-0.15, -0.1) is 0 Å². The molecule has 78 valence electrons. The summed E-state index contributed by atoms with van der Waals surface area (Å²) in [5.74, 6) is 0.894. The van der Waals surface area contributed by atoms with Gasteiger partial charge in [-0.05, 0) is 12.1 Å². The number of pyridine rings is 1. The molecule has 2 N–H and O–H groups in total. The van der Waals surface area contributed by atoms with Gasteiger partial charge in [-0.3, -0.25) is 0 Å². The lowest BCUT2D eigenvalue weighted by Gasteiger charge is -2.14. The minimum absolute atomic E-state index is 0.281. The number of rotatable bonds is 5. The first-order valence-corrected chi connectivity index (χ1v) is 4.16. The Labute approximate surface area is 82.8 Å². The average molecular weight is 198 g/mol. The molecular weight excluding hydrogens is 184 g/mol. The van der Waals surface area contributed by atoms with Crippen molar-refractivity contribution in [2.75, 3.05) is 26.6 Å². The molecule has 0 aromatic carbocycles. The van der Waals surface area contributed by atoms with Gasteiger partial charge in [-0.2, -0.15) is 0 Å². The monoisotopic (exact) mass is 198 g/mol. The highest BCUT2D eigenvalue weighted by atomic mass is 16.7. The van der Waals surface area contributed by atoms with E-state index < -0.39 is 6.29 Å². The molecule has 14 heavy (non-hydrogen) atoms. The summed E-state index contributed by atoms with van der Waals surface area (Å²) in [5, 5.41) is 0. The fraction of sp³-hybridized carbons (Fsp3) is 0.444. The normalized spacial score (nSPS) is 10.5. The Bertz CT molecular complexity index is 277. The lowest BCUT2D eigenvalue weighted by atomic mass is 10.4. The molecule has 0 atom stereocenters. The minimum atomic E-state index is -0.394. The summed E-state index contributed by atoms with van der Waals surface area (Å²) in [5.41, 5.74) is 5.57. The van der Waals surface area contributed by atoms with Crippen LogP contribution in [-0.2, 0) is 9.47 Å². The summed E-state index contributed by atoms with van der Waals surface area (Å²) >= 11 is 0. The number of nitrogen functional groups attached to an aromatic ring is 1. The number of nitrogens with two attached hydrogens (primary N) is 1. The van der Waals surface area contributed by atoms with E-state index >= 15 is 0 Å². The molecule has 0 unspecified atom stereocenters. The fourth-order valence-corrected chi connectivity index (χ4v) is 0.915. The first-order valence-electron chi connectivity index (χ1n) is 4.16. The second kappa shape index (κ2) is 5.41. The number of hydrogen-bond donors (Lipinski definition) is 1. The molecule has 0 spiro atoms. The maximum Gasteiger partial charge on any atom is 0.191 e. The fourth-order valence-electron chi connectivity index (χ4n) is 0.915. The van der Waals surface area contributed by atoms with Crippen LogP contribution in [-0.4, -0.2) is 32.1 Å². The average Bonchev–Trinajstić information content (AvgIpc) is 2.22. The van der Waals surface area contributed by atoms with E-state index in [1.165, 1.54) is 0 Å². The number of nitrogens with zero attached hydrogens (tertiary/aromatic N) is 1. The van der Waals surface area contributed by atoms with E-state index in [1.807, 2.05) is 0 Å². The molecule has 0 aliphatic rings. The summed E-state index contributed by atoms with van der Waals surface area (Å²) in [4.78, 5) is 3.88. The van der Waals surface area contributed by atoms with E-state index in [0.717, 1.165) is 0 Å². The Morgan fingerprint density at radius 1 is 1.43 bits per heavy atom. The molecule has 0 fully saturated rings. The molecule has 0 amide bonds. The van der Waals surface area contributed by atoms with Crippen molar-refractivity contribution >= 4 is 5.82 Å². The van der Waals surface area contributed by atoms with Gasteiger partial charge < -0.3 is 19.9 Å².